The minimum atomic E-state index is 0.889. The summed E-state index contributed by atoms with van der Waals surface area (Å²) in [5, 5.41) is 3.61. The molecule has 2 heterocycles. The van der Waals surface area contributed by atoms with Gasteiger partial charge in [0.1, 0.15) is 0 Å². The third-order valence-electron chi connectivity index (χ3n) is 5.32. The monoisotopic (exact) mass is 279 g/mol. The molecule has 0 amide bonds. The molecule has 0 aromatic rings. The molecule has 3 rings (SSSR count). The van der Waals surface area contributed by atoms with E-state index in [-0.39, 0.29) is 0 Å². The van der Waals surface area contributed by atoms with Gasteiger partial charge in [-0.25, -0.2) is 0 Å². The van der Waals surface area contributed by atoms with E-state index < -0.39 is 0 Å². The van der Waals surface area contributed by atoms with Crippen molar-refractivity contribution in [2.45, 2.75) is 69.9 Å². The van der Waals surface area contributed by atoms with E-state index in [0.717, 1.165) is 12.1 Å². The first-order valence-electron chi connectivity index (χ1n) is 9.11. The Balaban J connectivity index is 1.17. The summed E-state index contributed by atoms with van der Waals surface area (Å²) >= 11 is 0. The molecule has 0 spiro atoms. The zero-order valence-electron chi connectivity index (χ0n) is 13.2. The van der Waals surface area contributed by atoms with E-state index in [1.54, 1.807) is 0 Å². The van der Waals surface area contributed by atoms with E-state index in [9.17, 15) is 0 Å². The molecule has 0 aromatic carbocycles. The second-order valence-electron chi connectivity index (χ2n) is 7.13. The summed E-state index contributed by atoms with van der Waals surface area (Å²) in [6.45, 7) is 8.04. The number of nitrogens with zero attached hydrogens (tertiary/aromatic N) is 2. The molecule has 0 aromatic heterocycles. The fourth-order valence-electron chi connectivity index (χ4n) is 3.83. The first-order valence-corrected chi connectivity index (χ1v) is 9.11. The minimum Gasteiger partial charge on any atom is -0.314 e. The average molecular weight is 279 g/mol. The maximum absolute atomic E-state index is 3.61. The summed E-state index contributed by atoms with van der Waals surface area (Å²) in [4.78, 5) is 5.45. The van der Waals surface area contributed by atoms with Gasteiger partial charge in [0, 0.05) is 18.6 Å². The topological polar surface area (TPSA) is 18.5 Å². The smallest absolute Gasteiger partial charge is 0.0235 e. The molecule has 0 bridgehead atoms. The second-order valence-corrected chi connectivity index (χ2v) is 7.13. The molecule has 20 heavy (non-hydrogen) atoms. The maximum Gasteiger partial charge on any atom is 0.0235 e. The summed E-state index contributed by atoms with van der Waals surface area (Å²) in [7, 11) is 0. The van der Waals surface area contributed by atoms with Gasteiger partial charge in [-0.1, -0.05) is 12.8 Å². The molecule has 3 aliphatic rings. The Labute approximate surface area is 125 Å². The Morgan fingerprint density at radius 2 is 1.65 bits per heavy atom. The molecule has 1 aliphatic carbocycles. The molecule has 1 atom stereocenters. The Kier molecular flexibility index (Phi) is 5.75. The van der Waals surface area contributed by atoms with E-state index in [0.29, 0.717) is 0 Å². The van der Waals surface area contributed by atoms with Crippen molar-refractivity contribution in [3.8, 4) is 0 Å². The first kappa shape index (κ1) is 14.8. The van der Waals surface area contributed by atoms with Gasteiger partial charge in [0.2, 0.25) is 0 Å². The van der Waals surface area contributed by atoms with Crippen molar-refractivity contribution in [2.75, 3.05) is 39.3 Å². The molecule has 1 saturated carbocycles. The van der Waals surface area contributed by atoms with Crippen LogP contribution in [0.2, 0.25) is 0 Å². The van der Waals surface area contributed by atoms with Crippen LogP contribution in [0.1, 0.15) is 57.8 Å². The Morgan fingerprint density at radius 3 is 2.45 bits per heavy atom. The molecule has 116 valence electrons. The highest BCUT2D eigenvalue weighted by Gasteiger charge is 2.28. The van der Waals surface area contributed by atoms with E-state index in [2.05, 4.69) is 15.1 Å². The Hall–Kier alpha value is -0.120. The standard InChI is InChI=1S/C17H33N3/c1(3-10-18-16-7-8-16)2-4-11-19-14-9-17(15-19)20-12-5-6-13-20/h16-18H,1-15H2. The summed E-state index contributed by atoms with van der Waals surface area (Å²) in [5.41, 5.74) is 0. The van der Waals surface area contributed by atoms with Gasteiger partial charge in [-0.3, -0.25) is 4.90 Å². The van der Waals surface area contributed by atoms with Gasteiger partial charge in [0.05, 0.1) is 0 Å². The summed E-state index contributed by atoms with van der Waals surface area (Å²) in [6, 6.07) is 1.78. The van der Waals surface area contributed by atoms with Crippen LogP contribution in [-0.4, -0.2) is 61.2 Å². The number of unbranched alkanes of at least 4 members (excludes halogenated alkanes) is 3. The quantitative estimate of drug-likeness (QED) is 0.654. The highest BCUT2D eigenvalue weighted by atomic mass is 15.3. The predicted molar refractivity (Wildman–Crippen MR) is 85.1 cm³/mol. The van der Waals surface area contributed by atoms with Gasteiger partial charge in [0.15, 0.2) is 0 Å². The number of hydrogen-bond donors (Lipinski definition) is 1. The maximum atomic E-state index is 3.61. The molecule has 1 unspecified atom stereocenters. The summed E-state index contributed by atoms with van der Waals surface area (Å²) in [5.74, 6) is 0. The number of rotatable bonds is 9. The van der Waals surface area contributed by atoms with Crippen molar-refractivity contribution >= 4 is 0 Å². The molecule has 2 saturated heterocycles. The van der Waals surface area contributed by atoms with Crippen LogP contribution in [0, 0.1) is 0 Å². The van der Waals surface area contributed by atoms with E-state index >= 15 is 0 Å². The van der Waals surface area contributed by atoms with Crippen LogP contribution in [0.25, 0.3) is 0 Å². The molecular formula is C17H33N3. The lowest BCUT2D eigenvalue weighted by Gasteiger charge is -2.23. The molecule has 3 fully saturated rings. The minimum absolute atomic E-state index is 0.889. The molecule has 3 heteroatoms. The Morgan fingerprint density at radius 1 is 0.850 bits per heavy atom. The van der Waals surface area contributed by atoms with Crippen LogP contribution < -0.4 is 5.32 Å². The fourth-order valence-corrected chi connectivity index (χ4v) is 3.83. The normalized spacial score (nSPS) is 28.5. The van der Waals surface area contributed by atoms with Gasteiger partial charge in [-0.2, -0.15) is 0 Å². The largest absolute Gasteiger partial charge is 0.314 e. The summed E-state index contributed by atoms with van der Waals surface area (Å²) in [6.07, 6.45) is 12.8. The molecule has 1 N–H and O–H groups in total. The van der Waals surface area contributed by atoms with E-state index in [4.69, 9.17) is 0 Å². The van der Waals surface area contributed by atoms with E-state index in [1.165, 1.54) is 97.1 Å². The predicted octanol–water partition coefficient (Wildman–Crippen LogP) is 2.47. The third-order valence-corrected chi connectivity index (χ3v) is 5.32. The van der Waals surface area contributed by atoms with Crippen LogP contribution in [-0.2, 0) is 0 Å². The number of likely N-dealkylation sites (tertiary alicyclic amines) is 2. The lowest BCUT2D eigenvalue weighted by molar-refractivity contribution is 0.231. The lowest BCUT2D eigenvalue weighted by Crippen LogP contribution is -2.35. The number of hydrogen-bond acceptors (Lipinski definition) is 3. The second kappa shape index (κ2) is 7.77. The zero-order valence-corrected chi connectivity index (χ0v) is 13.2. The highest BCUT2D eigenvalue weighted by Crippen LogP contribution is 2.21. The van der Waals surface area contributed by atoms with Crippen LogP contribution in [0.15, 0.2) is 0 Å². The summed E-state index contributed by atoms with van der Waals surface area (Å²) < 4.78 is 0. The van der Waals surface area contributed by atoms with Gasteiger partial charge in [-0.15, -0.1) is 0 Å². The van der Waals surface area contributed by atoms with Gasteiger partial charge >= 0.3 is 0 Å². The van der Waals surface area contributed by atoms with Crippen molar-refractivity contribution in [2.24, 2.45) is 0 Å². The molecule has 3 nitrogen and oxygen atoms in total. The van der Waals surface area contributed by atoms with Crippen molar-refractivity contribution in [1.29, 1.82) is 0 Å². The average Bonchev–Trinajstić information content (AvgIpc) is 2.94. The van der Waals surface area contributed by atoms with Gasteiger partial charge in [-0.05, 0) is 77.7 Å². The Bertz CT molecular complexity index is 271. The van der Waals surface area contributed by atoms with Crippen molar-refractivity contribution in [3.63, 3.8) is 0 Å². The van der Waals surface area contributed by atoms with Gasteiger partial charge in [0.25, 0.3) is 0 Å². The first-order chi connectivity index (χ1) is 9.92. The van der Waals surface area contributed by atoms with E-state index in [1.807, 2.05) is 0 Å². The van der Waals surface area contributed by atoms with Crippen LogP contribution >= 0.6 is 0 Å². The number of nitrogens with one attached hydrogen (secondary N) is 1. The third kappa shape index (κ3) is 4.71. The van der Waals surface area contributed by atoms with Crippen LogP contribution in [0.4, 0.5) is 0 Å². The highest BCUT2D eigenvalue weighted by molar-refractivity contribution is 4.85. The SMILES string of the molecule is C(CCCN1CCC(N2CCCC2)C1)CCNC1CC1. The lowest BCUT2D eigenvalue weighted by atomic mass is 10.2. The van der Waals surface area contributed by atoms with Crippen LogP contribution in [0.3, 0.4) is 0 Å². The fraction of sp³-hybridized carbons (Fsp3) is 1.00. The molecule has 2 aliphatic heterocycles. The zero-order chi connectivity index (χ0) is 13.6. The van der Waals surface area contributed by atoms with Crippen LogP contribution in [0.5, 0.6) is 0 Å². The van der Waals surface area contributed by atoms with Crippen molar-refractivity contribution in [3.05, 3.63) is 0 Å². The van der Waals surface area contributed by atoms with Crippen molar-refractivity contribution < 1.29 is 0 Å². The van der Waals surface area contributed by atoms with Gasteiger partial charge < -0.3 is 10.2 Å². The molecule has 0 radical (unpaired) electrons. The molecular weight excluding hydrogens is 246 g/mol. The van der Waals surface area contributed by atoms with Crippen molar-refractivity contribution in [1.82, 2.24) is 15.1 Å².